The maximum absolute atomic E-state index is 12.8. The van der Waals surface area contributed by atoms with Crippen molar-refractivity contribution in [3.63, 3.8) is 0 Å². The maximum Gasteiger partial charge on any atom is 0.271 e. The van der Waals surface area contributed by atoms with E-state index in [1.54, 1.807) is 54.8 Å². The molecule has 0 fully saturated rings. The lowest BCUT2D eigenvalue weighted by Crippen LogP contribution is -2.15. The minimum atomic E-state index is -3.71. The van der Waals surface area contributed by atoms with Crippen molar-refractivity contribution in [3.8, 4) is 11.4 Å². The van der Waals surface area contributed by atoms with Crippen LogP contribution in [0, 0.1) is 6.92 Å². The number of ether oxygens (including phenoxy) is 1. The number of benzene rings is 2. The molecule has 164 valence electrons. The van der Waals surface area contributed by atoms with Crippen LogP contribution in [0.2, 0.25) is 0 Å². The van der Waals surface area contributed by atoms with E-state index in [2.05, 4.69) is 25.6 Å². The third-order valence-electron chi connectivity index (χ3n) is 4.43. The zero-order valence-electron chi connectivity index (χ0n) is 17.0. The number of tetrazole rings is 1. The SMILES string of the molecule is COc1ccc(NC(=O)c2cccc(NS(=O)(=O)c3cccs3)c2)cc1-n1nnnc1C. The van der Waals surface area contributed by atoms with Gasteiger partial charge in [0.2, 0.25) is 0 Å². The van der Waals surface area contributed by atoms with Crippen LogP contribution in [0.4, 0.5) is 11.4 Å². The van der Waals surface area contributed by atoms with Gasteiger partial charge in [-0.1, -0.05) is 12.1 Å². The molecule has 4 aromatic rings. The number of amides is 1. The number of anilines is 2. The first-order valence-electron chi connectivity index (χ1n) is 9.28. The second-order valence-corrected chi connectivity index (χ2v) is 9.45. The van der Waals surface area contributed by atoms with Crippen molar-refractivity contribution in [1.82, 2.24) is 20.2 Å². The highest BCUT2D eigenvalue weighted by atomic mass is 32.2. The Morgan fingerprint density at radius 2 is 1.94 bits per heavy atom. The monoisotopic (exact) mass is 470 g/mol. The number of carbonyl (C=O) groups is 1. The van der Waals surface area contributed by atoms with Crippen LogP contribution in [0.3, 0.4) is 0 Å². The largest absolute Gasteiger partial charge is 0.494 e. The highest BCUT2D eigenvalue weighted by Gasteiger charge is 2.17. The minimum absolute atomic E-state index is 0.191. The molecule has 0 saturated carbocycles. The van der Waals surface area contributed by atoms with Gasteiger partial charge in [-0.3, -0.25) is 9.52 Å². The van der Waals surface area contributed by atoms with E-state index < -0.39 is 15.9 Å². The van der Waals surface area contributed by atoms with Gasteiger partial charge in [0, 0.05) is 16.9 Å². The molecule has 0 saturated heterocycles. The van der Waals surface area contributed by atoms with E-state index in [1.165, 1.54) is 23.9 Å². The molecule has 0 radical (unpaired) electrons. The topological polar surface area (TPSA) is 128 Å². The van der Waals surface area contributed by atoms with E-state index in [0.717, 1.165) is 11.3 Å². The fourth-order valence-electron chi connectivity index (χ4n) is 2.94. The smallest absolute Gasteiger partial charge is 0.271 e. The highest BCUT2D eigenvalue weighted by molar-refractivity contribution is 7.94. The average Bonchev–Trinajstić information content (AvgIpc) is 3.46. The van der Waals surface area contributed by atoms with E-state index >= 15 is 0 Å². The van der Waals surface area contributed by atoms with Gasteiger partial charge in [0.25, 0.3) is 15.9 Å². The summed E-state index contributed by atoms with van der Waals surface area (Å²) >= 11 is 1.11. The number of hydrogen-bond donors (Lipinski definition) is 2. The Hall–Kier alpha value is -3.77. The number of methoxy groups -OCH3 is 1. The van der Waals surface area contributed by atoms with Crippen molar-refractivity contribution in [2.75, 3.05) is 17.1 Å². The molecule has 10 nitrogen and oxygen atoms in total. The Morgan fingerprint density at radius 3 is 2.62 bits per heavy atom. The Balaban J connectivity index is 1.56. The van der Waals surface area contributed by atoms with Gasteiger partial charge in [-0.05, 0) is 65.2 Å². The van der Waals surface area contributed by atoms with Crippen LogP contribution < -0.4 is 14.8 Å². The number of aromatic nitrogens is 4. The van der Waals surface area contributed by atoms with Gasteiger partial charge in [0.05, 0.1) is 7.11 Å². The summed E-state index contributed by atoms with van der Waals surface area (Å²) in [4.78, 5) is 12.8. The molecule has 0 aliphatic heterocycles. The Morgan fingerprint density at radius 1 is 1.09 bits per heavy atom. The van der Waals surface area contributed by atoms with Gasteiger partial charge in [0.1, 0.15) is 15.6 Å². The quantitative estimate of drug-likeness (QED) is 0.425. The summed E-state index contributed by atoms with van der Waals surface area (Å²) in [5.41, 5.74) is 1.62. The van der Waals surface area contributed by atoms with Crippen molar-refractivity contribution in [1.29, 1.82) is 0 Å². The fourth-order valence-corrected chi connectivity index (χ4v) is 4.98. The fraction of sp³-hybridized carbons (Fsp3) is 0.100. The van der Waals surface area contributed by atoms with Gasteiger partial charge in [-0.25, -0.2) is 8.42 Å². The normalized spacial score (nSPS) is 11.2. The second kappa shape index (κ2) is 8.77. The van der Waals surface area contributed by atoms with Crippen LogP contribution in [0.25, 0.3) is 5.69 Å². The van der Waals surface area contributed by atoms with Crippen molar-refractivity contribution in [2.24, 2.45) is 0 Å². The molecule has 0 aliphatic carbocycles. The molecule has 12 heteroatoms. The zero-order chi connectivity index (χ0) is 22.7. The first-order valence-corrected chi connectivity index (χ1v) is 11.6. The summed E-state index contributed by atoms with van der Waals surface area (Å²) in [5.74, 6) is 0.674. The predicted molar refractivity (Wildman–Crippen MR) is 120 cm³/mol. The van der Waals surface area contributed by atoms with Gasteiger partial charge >= 0.3 is 0 Å². The highest BCUT2D eigenvalue weighted by Crippen LogP contribution is 2.27. The number of nitrogens with zero attached hydrogens (tertiary/aromatic N) is 4. The number of hydrogen-bond acceptors (Lipinski definition) is 8. The zero-order valence-corrected chi connectivity index (χ0v) is 18.6. The molecule has 32 heavy (non-hydrogen) atoms. The molecular formula is C20H18N6O4S2. The van der Waals surface area contributed by atoms with Crippen molar-refractivity contribution >= 4 is 38.6 Å². The van der Waals surface area contributed by atoms with Crippen LogP contribution in [-0.4, -0.2) is 41.6 Å². The molecule has 1 amide bonds. The molecule has 0 aliphatic rings. The average molecular weight is 471 g/mol. The number of rotatable bonds is 7. The first kappa shape index (κ1) is 21.5. The molecule has 2 aromatic heterocycles. The summed E-state index contributed by atoms with van der Waals surface area (Å²) in [6, 6.07) is 14.5. The number of sulfonamides is 1. The van der Waals surface area contributed by atoms with Crippen molar-refractivity contribution in [2.45, 2.75) is 11.1 Å². The van der Waals surface area contributed by atoms with E-state index in [0.29, 0.717) is 22.9 Å². The molecule has 2 N–H and O–H groups in total. The minimum Gasteiger partial charge on any atom is -0.494 e. The third-order valence-corrected chi connectivity index (χ3v) is 7.21. The molecule has 4 rings (SSSR count). The molecule has 2 heterocycles. The van der Waals surface area contributed by atoms with Gasteiger partial charge in [-0.2, -0.15) is 4.68 Å². The van der Waals surface area contributed by atoms with E-state index in [9.17, 15) is 13.2 Å². The Labute approximate surface area is 187 Å². The van der Waals surface area contributed by atoms with Crippen LogP contribution in [0.15, 0.2) is 64.2 Å². The summed E-state index contributed by atoms with van der Waals surface area (Å²) in [7, 11) is -2.19. The maximum atomic E-state index is 12.8. The van der Waals surface area contributed by atoms with Crippen molar-refractivity contribution in [3.05, 3.63) is 71.4 Å². The van der Waals surface area contributed by atoms with Crippen molar-refractivity contribution < 1.29 is 17.9 Å². The molecule has 0 spiro atoms. The van der Waals surface area contributed by atoms with Crippen LogP contribution >= 0.6 is 11.3 Å². The van der Waals surface area contributed by atoms with Gasteiger partial charge in [-0.15, -0.1) is 16.4 Å². The molecule has 0 atom stereocenters. The number of carbonyl (C=O) groups excluding carboxylic acids is 1. The molecular weight excluding hydrogens is 452 g/mol. The number of nitrogens with one attached hydrogen (secondary N) is 2. The summed E-state index contributed by atoms with van der Waals surface area (Å²) in [6.07, 6.45) is 0. The van der Waals surface area contributed by atoms with Crippen LogP contribution in [0.5, 0.6) is 5.75 Å². The molecule has 2 aromatic carbocycles. The van der Waals surface area contributed by atoms with Gasteiger partial charge in [0.15, 0.2) is 5.82 Å². The molecule has 0 unspecified atom stereocenters. The number of aryl methyl sites for hydroxylation is 1. The number of thiophene rings is 1. The molecule has 0 bridgehead atoms. The Bertz CT molecular complexity index is 1370. The predicted octanol–water partition coefficient (Wildman–Crippen LogP) is 3.09. The summed E-state index contributed by atoms with van der Waals surface area (Å²) in [6.45, 7) is 1.74. The lowest BCUT2D eigenvalue weighted by Gasteiger charge is -2.12. The van der Waals surface area contributed by atoms with E-state index in [-0.39, 0.29) is 15.5 Å². The van der Waals surface area contributed by atoms with Crippen LogP contribution in [-0.2, 0) is 10.0 Å². The van der Waals surface area contributed by atoms with E-state index in [4.69, 9.17) is 4.74 Å². The third kappa shape index (κ3) is 4.45. The lowest BCUT2D eigenvalue weighted by atomic mass is 10.2. The first-order chi connectivity index (χ1) is 15.4. The van der Waals surface area contributed by atoms with Gasteiger partial charge < -0.3 is 10.1 Å². The lowest BCUT2D eigenvalue weighted by molar-refractivity contribution is 0.102. The second-order valence-electron chi connectivity index (χ2n) is 6.60. The standard InChI is InChI=1S/C20H18N6O4S2/c1-13-22-24-25-26(13)17-12-15(8-9-18(17)30-2)21-20(27)14-5-3-6-16(11-14)23-32(28,29)19-7-4-10-31-19/h3-12,23H,1-2H3,(H,21,27). The summed E-state index contributed by atoms with van der Waals surface area (Å²) in [5, 5.41) is 15.9. The van der Waals surface area contributed by atoms with E-state index in [1.807, 2.05) is 0 Å². The van der Waals surface area contributed by atoms with Crippen LogP contribution in [0.1, 0.15) is 16.2 Å². The Kier molecular flexibility index (Phi) is 5.88. The summed E-state index contributed by atoms with van der Waals surface area (Å²) < 4.78 is 34.4.